The maximum absolute atomic E-state index is 13.3. The van der Waals surface area contributed by atoms with Crippen LogP contribution in [0.25, 0.3) is 22.1 Å². The van der Waals surface area contributed by atoms with Gasteiger partial charge in [-0.3, -0.25) is 9.59 Å². The second-order valence-electron chi connectivity index (χ2n) is 8.08. The maximum atomic E-state index is 13.3. The molecule has 16 heteroatoms. The Balaban J connectivity index is 0.000000251. The maximum Gasteiger partial charge on any atom is 0.417 e. The van der Waals surface area contributed by atoms with E-state index in [1.165, 1.54) is 12.1 Å². The number of rotatable bonds is 6. The Bertz CT molecular complexity index is 1320. The molecular weight excluding hydrogens is 507 g/mol. The topological polar surface area (TPSA) is 212 Å². The van der Waals surface area contributed by atoms with Gasteiger partial charge in [-0.25, -0.2) is 9.78 Å². The van der Waals surface area contributed by atoms with E-state index in [-0.39, 0.29) is 28.0 Å². The van der Waals surface area contributed by atoms with Crippen LogP contribution in [0.15, 0.2) is 22.6 Å². The number of aliphatic hydroxyl groups is 1. The third-order valence-corrected chi connectivity index (χ3v) is 5.35. The van der Waals surface area contributed by atoms with E-state index in [0.29, 0.717) is 18.9 Å². The minimum Gasteiger partial charge on any atom is -0.481 e. The SMILES string of the molecule is Nc1nc(N2CCNCC2)c2oc3cccc(C(F)(F)F)c3c2n1.O=C(O)CC(O)(CC(=O)O)C(=O)O. The van der Waals surface area contributed by atoms with Gasteiger partial charge in [0.15, 0.2) is 17.0 Å². The zero-order valence-corrected chi connectivity index (χ0v) is 18.9. The average molecular weight is 529 g/mol. The number of benzene rings is 1. The van der Waals surface area contributed by atoms with Crippen molar-refractivity contribution in [2.45, 2.75) is 24.6 Å². The summed E-state index contributed by atoms with van der Waals surface area (Å²) in [5.74, 6) is -4.66. The number of hydrogen-bond donors (Lipinski definition) is 6. The minimum absolute atomic E-state index is 0.0734. The number of nitrogens with one attached hydrogen (secondary N) is 1. The van der Waals surface area contributed by atoms with E-state index in [1.54, 1.807) is 0 Å². The summed E-state index contributed by atoms with van der Waals surface area (Å²) >= 11 is 0. The number of carbonyl (C=O) groups is 3. The van der Waals surface area contributed by atoms with E-state index in [4.69, 9.17) is 30.6 Å². The van der Waals surface area contributed by atoms with E-state index >= 15 is 0 Å². The number of anilines is 2. The van der Waals surface area contributed by atoms with Gasteiger partial charge in [-0.15, -0.1) is 0 Å². The summed E-state index contributed by atoms with van der Waals surface area (Å²) in [7, 11) is 0. The Morgan fingerprint density at radius 2 is 1.65 bits per heavy atom. The van der Waals surface area contributed by atoms with Gasteiger partial charge in [0.2, 0.25) is 5.95 Å². The van der Waals surface area contributed by atoms with Crippen LogP contribution in [0.4, 0.5) is 24.9 Å². The van der Waals surface area contributed by atoms with Crippen LogP contribution in [0.1, 0.15) is 18.4 Å². The highest BCUT2D eigenvalue weighted by molar-refractivity contribution is 6.08. The fourth-order valence-electron chi connectivity index (χ4n) is 3.73. The van der Waals surface area contributed by atoms with Crippen molar-refractivity contribution in [2.75, 3.05) is 36.8 Å². The summed E-state index contributed by atoms with van der Waals surface area (Å²) in [4.78, 5) is 40.6. The number of piperazine rings is 1. The molecule has 200 valence electrons. The first-order valence-corrected chi connectivity index (χ1v) is 10.6. The first-order valence-electron chi connectivity index (χ1n) is 10.6. The highest BCUT2D eigenvalue weighted by atomic mass is 19.4. The average Bonchev–Trinajstić information content (AvgIpc) is 3.16. The number of nitrogen functional groups attached to an aromatic ring is 1. The van der Waals surface area contributed by atoms with Gasteiger partial charge >= 0.3 is 24.1 Å². The number of alkyl halides is 3. The van der Waals surface area contributed by atoms with Crippen LogP contribution in [0.2, 0.25) is 0 Å². The van der Waals surface area contributed by atoms with Gasteiger partial charge in [-0.2, -0.15) is 18.2 Å². The molecule has 1 saturated heterocycles. The molecule has 0 unspecified atom stereocenters. The second kappa shape index (κ2) is 10.4. The predicted molar refractivity (Wildman–Crippen MR) is 121 cm³/mol. The summed E-state index contributed by atoms with van der Waals surface area (Å²) in [6.07, 6.45) is -6.80. The van der Waals surface area contributed by atoms with Gasteiger partial charge in [-0.1, -0.05) is 6.07 Å². The second-order valence-corrected chi connectivity index (χ2v) is 8.08. The van der Waals surface area contributed by atoms with Crippen LogP contribution < -0.4 is 16.0 Å². The molecule has 0 saturated carbocycles. The van der Waals surface area contributed by atoms with Crippen molar-refractivity contribution in [2.24, 2.45) is 0 Å². The summed E-state index contributed by atoms with van der Waals surface area (Å²) < 4.78 is 45.7. The first-order chi connectivity index (χ1) is 17.2. The predicted octanol–water partition coefficient (Wildman–Crippen LogP) is 1.14. The summed E-state index contributed by atoms with van der Waals surface area (Å²) in [6.45, 7) is 2.82. The van der Waals surface area contributed by atoms with E-state index in [2.05, 4.69) is 15.3 Å². The van der Waals surface area contributed by atoms with E-state index < -0.39 is 48.1 Å². The summed E-state index contributed by atoms with van der Waals surface area (Å²) in [5.41, 5.74) is 2.68. The normalized spacial score (nSPS) is 14.3. The zero-order chi connectivity index (χ0) is 27.5. The fourth-order valence-corrected chi connectivity index (χ4v) is 3.73. The zero-order valence-electron chi connectivity index (χ0n) is 18.9. The molecule has 3 heterocycles. The Morgan fingerprint density at radius 1 is 1.05 bits per heavy atom. The smallest absolute Gasteiger partial charge is 0.417 e. The highest BCUT2D eigenvalue weighted by Gasteiger charge is 2.41. The first kappa shape index (κ1) is 27.4. The lowest BCUT2D eigenvalue weighted by molar-refractivity contribution is -0.170. The molecule has 1 fully saturated rings. The molecule has 0 radical (unpaired) electrons. The minimum atomic E-state index is -4.51. The van der Waals surface area contributed by atoms with Gasteiger partial charge in [-0.05, 0) is 12.1 Å². The number of nitrogens with two attached hydrogens (primary N) is 1. The Morgan fingerprint density at radius 3 is 2.16 bits per heavy atom. The lowest BCUT2D eigenvalue weighted by Crippen LogP contribution is -2.44. The molecule has 0 atom stereocenters. The molecular formula is C21H22F3N5O8. The van der Waals surface area contributed by atoms with Crippen LogP contribution in [0.3, 0.4) is 0 Å². The van der Waals surface area contributed by atoms with Crippen LogP contribution in [-0.2, 0) is 20.6 Å². The molecule has 1 aliphatic rings. The molecule has 7 N–H and O–H groups in total. The molecule has 0 spiro atoms. The van der Waals surface area contributed by atoms with Crippen molar-refractivity contribution in [3.8, 4) is 0 Å². The van der Waals surface area contributed by atoms with Crippen LogP contribution in [0, 0.1) is 0 Å². The van der Waals surface area contributed by atoms with E-state index in [9.17, 15) is 27.6 Å². The van der Waals surface area contributed by atoms with Crippen LogP contribution >= 0.6 is 0 Å². The van der Waals surface area contributed by atoms with Crippen molar-refractivity contribution in [3.63, 3.8) is 0 Å². The molecule has 4 rings (SSSR count). The van der Waals surface area contributed by atoms with Crippen LogP contribution in [-0.4, -0.2) is 80.1 Å². The number of fused-ring (bicyclic) bond motifs is 3. The molecule has 1 aliphatic heterocycles. The van der Waals surface area contributed by atoms with Gasteiger partial charge in [0, 0.05) is 26.2 Å². The largest absolute Gasteiger partial charge is 0.481 e. The Kier molecular flexibility index (Phi) is 7.73. The van der Waals surface area contributed by atoms with Gasteiger partial charge < -0.3 is 40.8 Å². The number of carboxylic acids is 3. The van der Waals surface area contributed by atoms with Crippen molar-refractivity contribution in [1.29, 1.82) is 0 Å². The number of nitrogens with zero attached hydrogens (tertiary/aromatic N) is 3. The standard InChI is InChI=1S/C15H14F3N5O.C6H8O7/c16-15(17,18)8-2-1-3-9-10(8)11-12(24-9)13(22-14(19)21-11)23-6-4-20-5-7-23;7-3(8)1-6(13,5(11)12)2-4(9)10/h1-3,20H,4-7H2,(H2,19,21,22);13H,1-2H2,(H,7,8)(H,9,10)(H,11,12). The lowest BCUT2D eigenvalue weighted by Gasteiger charge is -2.28. The molecule has 0 aliphatic carbocycles. The number of aliphatic carboxylic acids is 3. The Hall–Kier alpha value is -4.18. The molecule has 3 aromatic rings. The van der Waals surface area contributed by atoms with Gasteiger partial charge in [0.25, 0.3) is 0 Å². The quantitative estimate of drug-likeness (QED) is 0.265. The number of aromatic nitrogens is 2. The summed E-state index contributed by atoms with van der Waals surface area (Å²) in [5, 5.41) is 36.9. The number of furan rings is 1. The van der Waals surface area contributed by atoms with Crippen molar-refractivity contribution in [3.05, 3.63) is 23.8 Å². The third kappa shape index (κ3) is 6.15. The lowest BCUT2D eigenvalue weighted by atomic mass is 9.96. The van der Waals surface area contributed by atoms with E-state index in [1.807, 2.05) is 4.90 Å². The number of halogens is 3. The van der Waals surface area contributed by atoms with Crippen LogP contribution in [0.5, 0.6) is 0 Å². The summed E-state index contributed by atoms with van der Waals surface area (Å²) in [6, 6.07) is 3.82. The van der Waals surface area contributed by atoms with Crippen molar-refractivity contribution >= 4 is 51.7 Å². The van der Waals surface area contributed by atoms with E-state index in [0.717, 1.165) is 19.2 Å². The fraction of sp³-hybridized carbons (Fsp3) is 0.381. The molecule has 1 aromatic carbocycles. The highest BCUT2D eigenvalue weighted by Crippen LogP contribution is 2.41. The molecule has 2 aromatic heterocycles. The molecule has 0 amide bonds. The van der Waals surface area contributed by atoms with Crippen molar-refractivity contribution < 1.29 is 52.4 Å². The number of carboxylic acid groups (broad SMARTS) is 3. The molecule has 13 nitrogen and oxygen atoms in total. The monoisotopic (exact) mass is 529 g/mol. The van der Waals surface area contributed by atoms with Crippen molar-refractivity contribution in [1.82, 2.24) is 15.3 Å². The van der Waals surface area contributed by atoms with Gasteiger partial charge in [0.1, 0.15) is 11.1 Å². The third-order valence-electron chi connectivity index (χ3n) is 5.35. The molecule has 37 heavy (non-hydrogen) atoms. The Labute approximate surface area is 205 Å². The number of hydrogen-bond acceptors (Lipinski definition) is 10. The van der Waals surface area contributed by atoms with Gasteiger partial charge in [0.05, 0.1) is 23.8 Å². The molecule has 0 bridgehead atoms.